The van der Waals surface area contributed by atoms with E-state index in [1.54, 1.807) is 6.92 Å². The number of rotatable bonds is 7. The summed E-state index contributed by atoms with van der Waals surface area (Å²) in [5, 5.41) is 0. The van der Waals surface area contributed by atoms with Gasteiger partial charge in [0.25, 0.3) is 0 Å². The summed E-state index contributed by atoms with van der Waals surface area (Å²) in [7, 11) is 0. The van der Waals surface area contributed by atoms with Crippen LogP contribution in [0.2, 0.25) is 0 Å². The van der Waals surface area contributed by atoms with Crippen LogP contribution in [0, 0.1) is 28.6 Å². The summed E-state index contributed by atoms with van der Waals surface area (Å²) < 4.78 is 11.7. The average molecular weight is 471 g/mol. The zero-order valence-corrected chi connectivity index (χ0v) is 21.7. The molecule has 0 saturated heterocycles. The maximum absolute atomic E-state index is 12.9. The molecule has 5 heteroatoms. The highest BCUT2D eigenvalue weighted by molar-refractivity contribution is 5.89. The van der Waals surface area contributed by atoms with E-state index in [1.165, 1.54) is 12.5 Å². The predicted octanol–water partition coefficient (Wildman–Crippen LogP) is 6.11. The van der Waals surface area contributed by atoms with Crippen molar-refractivity contribution in [2.24, 2.45) is 28.6 Å². The normalized spacial score (nSPS) is 40.4. The van der Waals surface area contributed by atoms with Crippen molar-refractivity contribution in [1.29, 1.82) is 0 Å². The fourth-order valence-corrected chi connectivity index (χ4v) is 8.03. The van der Waals surface area contributed by atoms with Crippen molar-refractivity contribution in [1.82, 2.24) is 0 Å². The van der Waals surface area contributed by atoms with Gasteiger partial charge in [-0.1, -0.05) is 45.8 Å². The van der Waals surface area contributed by atoms with Crippen molar-refractivity contribution in [2.75, 3.05) is 0 Å². The molecule has 0 aromatic heterocycles. The minimum atomic E-state index is -0.997. The highest BCUT2D eigenvalue weighted by Gasteiger charge is 2.67. The topological polar surface area (TPSA) is 69.7 Å². The first-order chi connectivity index (χ1) is 16.1. The third kappa shape index (κ3) is 3.97. The fourth-order valence-electron chi connectivity index (χ4n) is 8.03. The SMILES string of the molecule is CCCCCC(=O)O[C@@H]1C=C2C=C[C@@H]3[C@H](CC[C@@]4(C)[C@H]3CC[C@]4(OC(C)=O)C(C)=O)[C@@]2(C)CC1. The number of allylic oxidation sites excluding steroid dienone is 3. The molecule has 0 N–H and O–H groups in total. The first-order valence-corrected chi connectivity index (χ1v) is 13.4. The van der Waals surface area contributed by atoms with Gasteiger partial charge in [-0.05, 0) is 86.7 Å². The number of carbonyl (C=O) groups is 3. The Hall–Kier alpha value is -1.91. The van der Waals surface area contributed by atoms with Crippen molar-refractivity contribution >= 4 is 17.7 Å². The maximum Gasteiger partial charge on any atom is 0.306 e. The molecule has 7 atom stereocenters. The van der Waals surface area contributed by atoms with Crippen LogP contribution in [0.1, 0.15) is 98.8 Å². The second kappa shape index (κ2) is 9.28. The molecule has 0 heterocycles. The number of carbonyl (C=O) groups excluding carboxylic acids is 3. The number of unbranched alkanes of at least 4 members (excludes halogenated alkanes) is 2. The molecule has 4 aliphatic carbocycles. The van der Waals surface area contributed by atoms with Gasteiger partial charge in [0, 0.05) is 18.8 Å². The molecular weight excluding hydrogens is 428 g/mol. The molecule has 4 aliphatic rings. The summed E-state index contributed by atoms with van der Waals surface area (Å²) in [6.07, 6.45) is 15.5. The first kappa shape index (κ1) is 25.2. The third-order valence-electron chi connectivity index (χ3n) is 9.90. The Morgan fingerprint density at radius 2 is 1.74 bits per heavy atom. The van der Waals surface area contributed by atoms with Gasteiger partial charge in [0.15, 0.2) is 11.4 Å². The molecule has 0 aromatic carbocycles. The summed E-state index contributed by atoms with van der Waals surface area (Å²) in [5.41, 5.74) is 0.0158. The number of Topliss-reactive ketones (excluding diaryl/α,β-unsaturated/α-hetero) is 1. The smallest absolute Gasteiger partial charge is 0.306 e. The lowest BCUT2D eigenvalue weighted by molar-refractivity contribution is -0.185. The Balaban J connectivity index is 1.56. The number of ketones is 1. The molecule has 34 heavy (non-hydrogen) atoms. The van der Waals surface area contributed by atoms with Gasteiger partial charge < -0.3 is 9.47 Å². The Bertz CT molecular complexity index is 902. The minimum absolute atomic E-state index is 0.0148. The summed E-state index contributed by atoms with van der Waals surface area (Å²) in [6, 6.07) is 0. The van der Waals surface area contributed by atoms with Crippen molar-refractivity contribution in [2.45, 2.75) is 111 Å². The second-order valence-electron chi connectivity index (χ2n) is 11.7. The zero-order chi connectivity index (χ0) is 24.7. The van der Waals surface area contributed by atoms with Crippen LogP contribution in [0.25, 0.3) is 0 Å². The van der Waals surface area contributed by atoms with Crippen LogP contribution < -0.4 is 0 Å². The largest absolute Gasteiger partial charge is 0.458 e. The molecule has 2 fully saturated rings. The monoisotopic (exact) mass is 470 g/mol. The molecule has 0 unspecified atom stereocenters. The first-order valence-electron chi connectivity index (χ1n) is 13.4. The van der Waals surface area contributed by atoms with Crippen LogP contribution in [-0.2, 0) is 23.9 Å². The van der Waals surface area contributed by atoms with E-state index in [0.717, 1.165) is 51.4 Å². The van der Waals surface area contributed by atoms with E-state index >= 15 is 0 Å². The van der Waals surface area contributed by atoms with Crippen molar-refractivity contribution in [3.05, 3.63) is 23.8 Å². The Morgan fingerprint density at radius 1 is 1.00 bits per heavy atom. The Morgan fingerprint density at radius 3 is 2.41 bits per heavy atom. The number of fused-ring (bicyclic) bond motifs is 5. The standard InChI is InChI=1S/C29H42O5/c1-6-7-8-9-26(32)33-22-12-15-27(4)21(18-22)10-11-23-24(27)13-16-28(5)25(23)14-17-29(28,19(2)30)34-20(3)31/h10-11,18,22-25H,6-9,12-17H2,1-5H3/t22-,23+,24-,25-,27-,28-,29-/m0/s1. The molecule has 4 rings (SSSR count). The van der Waals surface area contributed by atoms with E-state index in [0.29, 0.717) is 30.6 Å². The number of esters is 2. The van der Waals surface area contributed by atoms with Gasteiger partial charge in [-0.3, -0.25) is 14.4 Å². The van der Waals surface area contributed by atoms with Gasteiger partial charge >= 0.3 is 11.9 Å². The summed E-state index contributed by atoms with van der Waals surface area (Å²) >= 11 is 0. The molecule has 0 aliphatic heterocycles. The molecule has 0 aromatic rings. The third-order valence-corrected chi connectivity index (χ3v) is 9.90. The molecule has 188 valence electrons. The molecule has 5 nitrogen and oxygen atoms in total. The van der Waals surface area contributed by atoms with Gasteiger partial charge in [-0.15, -0.1) is 0 Å². The van der Waals surface area contributed by atoms with Crippen LogP contribution >= 0.6 is 0 Å². The highest BCUT2D eigenvalue weighted by atomic mass is 16.6. The fraction of sp³-hybridized carbons (Fsp3) is 0.759. The summed E-state index contributed by atoms with van der Waals surface area (Å²) in [4.78, 5) is 37.1. The van der Waals surface area contributed by atoms with Gasteiger partial charge in [0.1, 0.15) is 6.10 Å². The lowest BCUT2D eigenvalue weighted by Crippen LogP contribution is -2.58. The number of hydrogen-bond donors (Lipinski definition) is 0. The van der Waals surface area contributed by atoms with Crippen molar-refractivity contribution < 1.29 is 23.9 Å². The van der Waals surface area contributed by atoms with Crippen LogP contribution in [0.4, 0.5) is 0 Å². The van der Waals surface area contributed by atoms with E-state index in [2.05, 4.69) is 39.0 Å². The lowest BCUT2D eigenvalue weighted by Gasteiger charge is -2.57. The quantitative estimate of drug-likeness (QED) is 0.332. The van der Waals surface area contributed by atoms with Crippen LogP contribution in [-0.4, -0.2) is 29.4 Å². The zero-order valence-electron chi connectivity index (χ0n) is 21.7. The maximum atomic E-state index is 12.9. The number of ether oxygens (including phenoxy) is 2. The summed E-state index contributed by atoms with van der Waals surface area (Å²) in [6.45, 7) is 9.70. The van der Waals surface area contributed by atoms with Gasteiger partial charge in [0.2, 0.25) is 0 Å². The molecule has 0 spiro atoms. The number of hydrogen-bond acceptors (Lipinski definition) is 5. The van der Waals surface area contributed by atoms with E-state index in [9.17, 15) is 14.4 Å². The van der Waals surface area contributed by atoms with Crippen molar-refractivity contribution in [3.63, 3.8) is 0 Å². The van der Waals surface area contributed by atoms with Crippen molar-refractivity contribution in [3.8, 4) is 0 Å². The Kier molecular flexibility index (Phi) is 6.87. The predicted molar refractivity (Wildman–Crippen MR) is 131 cm³/mol. The van der Waals surface area contributed by atoms with Gasteiger partial charge in [0.05, 0.1) is 0 Å². The molecule has 0 radical (unpaired) electrons. The van der Waals surface area contributed by atoms with E-state index < -0.39 is 5.60 Å². The minimum Gasteiger partial charge on any atom is -0.458 e. The van der Waals surface area contributed by atoms with Crippen LogP contribution in [0.15, 0.2) is 23.8 Å². The average Bonchev–Trinajstić information content (AvgIpc) is 3.07. The molecule has 2 saturated carbocycles. The van der Waals surface area contributed by atoms with Gasteiger partial charge in [-0.25, -0.2) is 0 Å². The summed E-state index contributed by atoms with van der Waals surface area (Å²) in [5.74, 6) is 0.714. The molecule has 0 bridgehead atoms. The molecular formula is C29H42O5. The highest BCUT2D eigenvalue weighted by Crippen LogP contribution is 2.67. The second-order valence-corrected chi connectivity index (χ2v) is 11.7. The van der Waals surface area contributed by atoms with E-state index in [4.69, 9.17) is 9.47 Å². The van der Waals surface area contributed by atoms with E-state index in [1.807, 2.05) is 0 Å². The molecule has 0 amide bonds. The van der Waals surface area contributed by atoms with Crippen LogP contribution in [0.5, 0.6) is 0 Å². The van der Waals surface area contributed by atoms with E-state index in [-0.39, 0.29) is 34.7 Å². The lowest BCUT2D eigenvalue weighted by atomic mass is 9.48. The Labute approximate surface area is 204 Å². The van der Waals surface area contributed by atoms with Crippen LogP contribution in [0.3, 0.4) is 0 Å². The van der Waals surface area contributed by atoms with Gasteiger partial charge in [-0.2, -0.15) is 0 Å².